The van der Waals surface area contributed by atoms with Crippen LogP contribution in [0.3, 0.4) is 0 Å². The van der Waals surface area contributed by atoms with E-state index in [9.17, 15) is 14.7 Å². The third-order valence-corrected chi connectivity index (χ3v) is 2.49. The van der Waals surface area contributed by atoms with E-state index in [1.807, 2.05) is 20.8 Å². The van der Waals surface area contributed by atoms with E-state index in [-0.39, 0.29) is 22.5 Å². The Hall–Kier alpha value is -2.31. The van der Waals surface area contributed by atoms with Gasteiger partial charge in [-0.2, -0.15) is 5.10 Å². The molecule has 0 radical (unpaired) electrons. The zero-order valence-electron chi connectivity index (χ0n) is 10.2. The molecular formula is C11H13N3O4. The van der Waals surface area contributed by atoms with E-state index < -0.39 is 17.1 Å². The summed E-state index contributed by atoms with van der Waals surface area (Å²) in [5.41, 5.74) is -1.12. The van der Waals surface area contributed by atoms with Crippen LogP contribution in [0.5, 0.6) is 5.75 Å². The van der Waals surface area contributed by atoms with Crippen molar-refractivity contribution in [1.29, 1.82) is 0 Å². The first-order valence-corrected chi connectivity index (χ1v) is 5.30. The average molecular weight is 251 g/mol. The van der Waals surface area contributed by atoms with Crippen molar-refractivity contribution < 1.29 is 15.0 Å². The van der Waals surface area contributed by atoms with E-state index in [1.54, 1.807) is 0 Å². The molecule has 0 atom stereocenters. The topological polar surface area (TPSA) is 108 Å². The Labute approximate surface area is 102 Å². The molecule has 0 unspecified atom stereocenters. The van der Waals surface area contributed by atoms with Gasteiger partial charge < -0.3 is 15.2 Å². The van der Waals surface area contributed by atoms with Gasteiger partial charge in [-0.15, -0.1) is 0 Å². The van der Waals surface area contributed by atoms with Crippen molar-refractivity contribution in [3.05, 3.63) is 22.1 Å². The number of pyridine rings is 1. The van der Waals surface area contributed by atoms with Crippen LogP contribution in [0, 0.1) is 0 Å². The summed E-state index contributed by atoms with van der Waals surface area (Å²) in [6.45, 7) is 5.44. The number of carbonyl (C=O) groups is 1. The zero-order valence-corrected chi connectivity index (χ0v) is 10.2. The van der Waals surface area contributed by atoms with Crippen LogP contribution in [-0.4, -0.2) is 30.9 Å². The molecule has 0 saturated carbocycles. The van der Waals surface area contributed by atoms with E-state index in [2.05, 4.69) is 10.1 Å². The number of carboxylic acid groups (broad SMARTS) is 1. The second-order valence-corrected chi connectivity index (χ2v) is 4.98. The molecule has 0 aliphatic heterocycles. The minimum Gasteiger partial charge on any atom is -0.507 e. The smallest absolute Gasteiger partial charge is 0.357 e. The Balaban J connectivity index is 2.99. The van der Waals surface area contributed by atoms with Gasteiger partial charge >= 0.3 is 5.97 Å². The van der Waals surface area contributed by atoms with Gasteiger partial charge in [0.15, 0.2) is 5.69 Å². The number of H-pyrrole nitrogens is 1. The number of aromatic hydroxyl groups is 1. The van der Waals surface area contributed by atoms with Gasteiger partial charge in [-0.25, -0.2) is 9.48 Å². The molecule has 96 valence electrons. The number of rotatable bonds is 1. The molecule has 0 aliphatic rings. The van der Waals surface area contributed by atoms with E-state index in [1.165, 1.54) is 4.68 Å². The van der Waals surface area contributed by atoms with Crippen molar-refractivity contribution in [3.8, 4) is 5.75 Å². The first-order chi connectivity index (χ1) is 8.21. The summed E-state index contributed by atoms with van der Waals surface area (Å²) in [7, 11) is 0. The van der Waals surface area contributed by atoms with E-state index in [0.29, 0.717) is 0 Å². The molecule has 2 rings (SSSR count). The molecule has 2 aromatic heterocycles. The average Bonchev–Trinajstić information content (AvgIpc) is 2.55. The quantitative estimate of drug-likeness (QED) is 0.697. The van der Waals surface area contributed by atoms with E-state index in [4.69, 9.17) is 5.11 Å². The van der Waals surface area contributed by atoms with Gasteiger partial charge in [0.25, 0.3) is 5.56 Å². The summed E-state index contributed by atoms with van der Waals surface area (Å²) in [4.78, 5) is 25.0. The summed E-state index contributed by atoms with van der Waals surface area (Å²) < 4.78 is 1.38. The minimum atomic E-state index is -1.26. The van der Waals surface area contributed by atoms with Crippen LogP contribution < -0.4 is 5.56 Å². The molecule has 0 spiro atoms. The normalized spacial score (nSPS) is 11.9. The van der Waals surface area contributed by atoms with Crippen molar-refractivity contribution in [2.45, 2.75) is 26.3 Å². The van der Waals surface area contributed by atoms with Crippen molar-refractivity contribution in [1.82, 2.24) is 14.8 Å². The maximum absolute atomic E-state index is 11.4. The predicted molar refractivity (Wildman–Crippen MR) is 64.0 cm³/mol. The van der Waals surface area contributed by atoms with Crippen LogP contribution >= 0.6 is 0 Å². The number of hydrogen-bond donors (Lipinski definition) is 3. The molecule has 0 bridgehead atoms. The van der Waals surface area contributed by atoms with E-state index >= 15 is 0 Å². The summed E-state index contributed by atoms with van der Waals surface area (Å²) in [5.74, 6) is -1.65. The standard InChI is InChI=1S/C11H13N3O4/c1-11(2,3)14-9-7(8(13-14)10(17)18)5(15)4-6(16)12-9/h4H,1-3H3,(H,17,18)(H2,12,15,16). The lowest BCUT2D eigenvalue weighted by molar-refractivity contribution is 0.0690. The summed E-state index contributed by atoms with van der Waals surface area (Å²) >= 11 is 0. The second kappa shape index (κ2) is 3.59. The van der Waals surface area contributed by atoms with Gasteiger partial charge in [-0.05, 0) is 20.8 Å². The molecule has 2 aromatic rings. The van der Waals surface area contributed by atoms with Gasteiger partial charge in [0, 0.05) is 6.07 Å². The van der Waals surface area contributed by atoms with Gasteiger partial charge in [-0.3, -0.25) is 4.79 Å². The van der Waals surface area contributed by atoms with Crippen LogP contribution in [-0.2, 0) is 5.54 Å². The first kappa shape index (κ1) is 12.2. The number of hydrogen-bond acceptors (Lipinski definition) is 4. The van der Waals surface area contributed by atoms with Gasteiger partial charge in [0.05, 0.1) is 10.9 Å². The number of fused-ring (bicyclic) bond motifs is 1. The summed E-state index contributed by atoms with van der Waals surface area (Å²) in [5, 5.41) is 22.8. The molecule has 0 aromatic carbocycles. The van der Waals surface area contributed by atoms with Crippen LogP contribution in [0.15, 0.2) is 10.9 Å². The highest BCUT2D eigenvalue weighted by atomic mass is 16.4. The third kappa shape index (κ3) is 1.73. The van der Waals surface area contributed by atoms with Crippen molar-refractivity contribution in [2.24, 2.45) is 0 Å². The summed E-state index contributed by atoms with van der Waals surface area (Å²) in [6, 6.07) is 0.934. The lowest BCUT2D eigenvalue weighted by Gasteiger charge is -2.19. The Morgan fingerprint density at radius 3 is 2.56 bits per heavy atom. The summed E-state index contributed by atoms with van der Waals surface area (Å²) in [6.07, 6.45) is 0. The molecule has 0 saturated heterocycles. The van der Waals surface area contributed by atoms with Crippen LogP contribution in [0.2, 0.25) is 0 Å². The second-order valence-electron chi connectivity index (χ2n) is 4.98. The van der Waals surface area contributed by atoms with Gasteiger partial charge in [0.2, 0.25) is 0 Å². The van der Waals surface area contributed by atoms with E-state index in [0.717, 1.165) is 6.07 Å². The molecule has 18 heavy (non-hydrogen) atoms. The highest BCUT2D eigenvalue weighted by molar-refractivity contribution is 6.02. The van der Waals surface area contributed by atoms with Crippen LogP contribution in [0.4, 0.5) is 0 Å². The van der Waals surface area contributed by atoms with Crippen LogP contribution in [0.1, 0.15) is 31.3 Å². The SMILES string of the molecule is CC(C)(C)n1nc(C(=O)O)c2c(O)cc(=O)[nH]c21. The highest BCUT2D eigenvalue weighted by Crippen LogP contribution is 2.28. The Morgan fingerprint density at radius 1 is 1.44 bits per heavy atom. The van der Waals surface area contributed by atoms with Gasteiger partial charge in [0.1, 0.15) is 11.4 Å². The number of carboxylic acids is 1. The third-order valence-electron chi connectivity index (χ3n) is 2.49. The molecule has 0 fully saturated rings. The lowest BCUT2D eigenvalue weighted by Crippen LogP contribution is -2.24. The molecule has 7 nitrogen and oxygen atoms in total. The van der Waals surface area contributed by atoms with Crippen molar-refractivity contribution in [3.63, 3.8) is 0 Å². The maximum Gasteiger partial charge on any atom is 0.357 e. The van der Waals surface area contributed by atoms with Crippen molar-refractivity contribution >= 4 is 17.0 Å². The van der Waals surface area contributed by atoms with Gasteiger partial charge in [-0.1, -0.05) is 0 Å². The number of nitrogens with zero attached hydrogens (tertiary/aromatic N) is 2. The molecule has 2 heterocycles. The molecule has 7 heteroatoms. The number of nitrogens with one attached hydrogen (secondary N) is 1. The molecule has 0 aliphatic carbocycles. The maximum atomic E-state index is 11.4. The number of aromatic amines is 1. The predicted octanol–water partition coefficient (Wildman–Crippen LogP) is 0.883. The fourth-order valence-corrected chi connectivity index (χ4v) is 1.76. The van der Waals surface area contributed by atoms with Crippen LogP contribution in [0.25, 0.3) is 11.0 Å². The highest BCUT2D eigenvalue weighted by Gasteiger charge is 2.26. The molecule has 3 N–H and O–H groups in total. The molecular weight excluding hydrogens is 238 g/mol. The number of aromatic nitrogens is 3. The molecule has 0 amide bonds. The number of aromatic carboxylic acids is 1. The zero-order chi connectivity index (χ0) is 13.7. The largest absolute Gasteiger partial charge is 0.507 e. The lowest BCUT2D eigenvalue weighted by atomic mass is 10.1. The fraction of sp³-hybridized carbons (Fsp3) is 0.364. The Morgan fingerprint density at radius 2 is 2.06 bits per heavy atom. The Bertz CT molecular complexity index is 691. The first-order valence-electron chi connectivity index (χ1n) is 5.30. The van der Waals surface area contributed by atoms with Crippen molar-refractivity contribution in [2.75, 3.05) is 0 Å². The minimum absolute atomic E-state index is 0.0389. The Kier molecular flexibility index (Phi) is 2.42. The monoisotopic (exact) mass is 251 g/mol. The fourth-order valence-electron chi connectivity index (χ4n) is 1.76.